The average molecular weight is 218 g/mol. The van der Waals surface area contributed by atoms with E-state index >= 15 is 0 Å². The van der Waals surface area contributed by atoms with Gasteiger partial charge in [-0.05, 0) is 42.4 Å². The third-order valence-corrected chi connectivity index (χ3v) is 3.75. The van der Waals surface area contributed by atoms with Crippen molar-refractivity contribution in [3.63, 3.8) is 0 Å². The topological polar surface area (TPSA) is 52.0 Å². The van der Waals surface area contributed by atoms with Crippen molar-refractivity contribution in [2.45, 2.75) is 51.1 Å². The molecule has 1 unspecified atom stereocenters. The Kier molecular flexibility index (Phi) is 2.81. The van der Waals surface area contributed by atoms with Gasteiger partial charge in [0.05, 0.1) is 0 Å². The van der Waals surface area contributed by atoms with E-state index in [-0.39, 0.29) is 11.6 Å². The maximum Gasteiger partial charge on any atom is 0.0480 e. The Balaban J connectivity index is 2.35. The maximum atomic E-state index is 6.28. The first-order valence-electron chi connectivity index (χ1n) is 6.09. The second-order valence-corrected chi connectivity index (χ2v) is 5.48. The van der Waals surface area contributed by atoms with Crippen molar-refractivity contribution >= 4 is 0 Å². The summed E-state index contributed by atoms with van der Waals surface area (Å²) < 4.78 is 0. The highest BCUT2D eigenvalue weighted by Crippen LogP contribution is 2.43. The molecule has 1 aliphatic carbocycles. The number of aryl methyl sites for hydroxylation is 1. The number of benzene rings is 1. The largest absolute Gasteiger partial charge is 0.323 e. The van der Waals surface area contributed by atoms with Crippen molar-refractivity contribution in [2.75, 3.05) is 0 Å². The lowest BCUT2D eigenvalue weighted by Gasteiger charge is -2.22. The Morgan fingerprint density at radius 2 is 1.88 bits per heavy atom. The molecule has 1 fully saturated rings. The fraction of sp³-hybridized carbons (Fsp3) is 0.571. The molecule has 0 heterocycles. The van der Waals surface area contributed by atoms with Crippen LogP contribution in [-0.2, 0) is 0 Å². The van der Waals surface area contributed by atoms with Crippen molar-refractivity contribution in [2.24, 2.45) is 11.5 Å². The maximum absolute atomic E-state index is 6.28. The van der Waals surface area contributed by atoms with E-state index in [0.717, 1.165) is 12.8 Å². The fourth-order valence-corrected chi connectivity index (χ4v) is 2.12. The lowest BCUT2D eigenvalue weighted by atomic mass is 9.90. The molecule has 0 spiro atoms. The van der Waals surface area contributed by atoms with E-state index in [2.05, 4.69) is 39.0 Å². The van der Waals surface area contributed by atoms with Gasteiger partial charge in [0.2, 0.25) is 0 Å². The minimum atomic E-state index is -0.139. The van der Waals surface area contributed by atoms with Crippen LogP contribution in [0.1, 0.15) is 55.3 Å². The third kappa shape index (κ3) is 2.00. The SMILES string of the molecule is Cc1ccc(C(C)C)cc1C(N)C1(N)CC1. The van der Waals surface area contributed by atoms with Crippen molar-refractivity contribution < 1.29 is 0 Å². The molecule has 16 heavy (non-hydrogen) atoms. The highest BCUT2D eigenvalue weighted by atomic mass is 14.9. The molecule has 1 saturated carbocycles. The molecule has 4 N–H and O–H groups in total. The molecule has 0 bridgehead atoms. The number of hydrogen-bond donors (Lipinski definition) is 2. The van der Waals surface area contributed by atoms with Crippen molar-refractivity contribution in [3.8, 4) is 0 Å². The smallest absolute Gasteiger partial charge is 0.0480 e. The van der Waals surface area contributed by atoms with Crippen LogP contribution in [0.15, 0.2) is 18.2 Å². The summed E-state index contributed by atoms with van der Waals surface area (Å²) in [7, 11) is 0. The van der Waals surface area contributed by atoms with E-state index < -0.39 is 0 Å². The van der Waals surface area contributed by atoms with Gasteiger partial charge in [-0.25, -0.2) is 0 Å². The van der Waals surface area contributed by atoms with Gasteiger partial charge in [0.15, 0.2) is 0 Å². The summed E-state index contributed by atoms with van der Waals surface area (Å²) in [6.45, 7) is 6.52. The minimum absolute atomic E-state index is 0.00815. The van der Waals surface area contributed by atoms with Crippen LogP contribution in [0.2, 0.25) is 0 Å². The fourth-order valence-electron chi connectivity index (χ4n) is 2.12. The normalized spacial score (nSPS) is 19.9. The van der Waals surface area contributed by atoms with Crippen molar-refractivity contribution in [1.82, 2.24) is 0 Å². The number of rotatable bonds is 3. The van der Waals surface area contributed by atoms with Crippen molar-refractivity contribution in [1.29, 1.82) is 0 Å². The molecule has 0 amide bonds. The zero-order chi connectivity index (χ0) is 11.9. The minimum Gasteiger partial charge on any atom is -0.323 e. The predicted molar refractivity (Wildman–Crippen MR) is 68.3 cm³/mol. The van der Waals surface area contributed by atoms with Crippen molar-refractivity contribution in [3.05, 3.63) is 34.9 Å². The monoisotopic (exact) mass is 218 g/mol. The summed E-state index contributed by atoms with van der Waals surface area (Å²) >= 11 is 0. The highest BCUT2D eigenvalue weighted by molar-refractivity contribution is 5.37. The Morgan fingerprint density at radius 1 is 1.25 bits per heavy atom. The van der Waals surface area contributed by atoms with Gasteiger partial charge in [-0.15, -0.1) is 0 Å². The van der Waals surface area contributed by atoms with E-state index in [0.29, 0.717) is 5.92 Å². The van der Waals surface area contributed by atoms with Gasteiger partial charge in [-0.2, -0.15) is 0 Å². The predicted octanol–water partition coefficient (Wildman–Crippen LogP) is 2.61. The Labute approximate surface area is 98.0 Å². The molecule has 2 heteroatoms. The molecule has 1 aromatic carbocycles. The first kappa shape index (κ1) is 11.6. The zero-order valence-electron chi connectivity index (χ0n) is 10.5. The second kappa shape index (κ2) is 3.86. The molecule has 2 rings (SSSR count). The lowest BCUT2D eigenvalue weighted by molar-refractivity contribution is 0.533. The highest BCUT2D eigenvalue weighted by Gasteiger charge is 2.45. The molecule has 0 radical (unpaired) electrons. The quantitative estimate of drug-likeness (QED) is 0.819. The molecule has 1 aromatic rings. The Morgan fingerprint density at radius 3 is 2.38 bits per heavy atom. The van der Waals surface area contributed by atoms with Gasteiger partial charge in [-0.1, -0.05) is 32.0 Å². The third-order valence-electron chi connectivity index (χ3n) is 3.75. The molecule has 0 aromatic heterocycles. The summed E-state index contributed by atoms with van der Waals surface area (Å²) in [5, 5.41) is 0. The molecule has 0 saturated heterocycles. The molecular formula is C14H22N2. The van der Waals surface area contributed by atoms with E-state index in [4.69, 9.17) is 11.5 Å². The standard InChI is InChI=1S/C14H22N2/c1-9(2)11-5-4-10(3)12(8-11)13(15)14(16)6-7-14/h4-5,8-9,13H,6-7,15-16H2,1-3H3. The van der Waals surface area contributed by atoms with Gasteiger partial charge >= 0.3 is 0 Å². The molecule has 88 valence electrons. The first-order valence-corrected chi connectivity index (χ1v) is 6.09. The van der Waals surface area contributed by atoms with Crippen LogP contribution in [0.5, 0.6) is 0 Å². The molecular weight excluding hydrogens is 196 g/mol. The second-order valence-electron chi connectivity index (χ2n) is 5.48. The van der Waals surface area contributed by atoms with Crippen LogP contribution in [-0.4, -0.2) is 5.54 Å². The van der Waals surface area contributed by atoms with Crippen LogP contribution >= 0.6 is 0 Å². The average Bonchev–Trinajstić information content (AvgIpc) is 2.97. The summed E-state index contributed by atoms with van der Waals surface area (Å²) in [5.74, 6) is 0.541. The molecule has 1 aliphatic rings. The summed E-state index contributed by atoms with van der Waals surface area (Å²) in [4.78, 5) is 0. The van der Waals surface area contributed by atoms with Gasteiger partial charge in [0, 0.05) is 11.6 Å². The molecule has 2 nitrogen and oxygen atoms in total. The van der Waals surface area contributed by atoms with Gasteiger partial charge in [0.25, 0.3) is 0 Å². The summed E-state index contributed by atoms with van der Waals surface area (Å²) in [6, 6.07) is 6.58. The Bertz CT molecular complexity index is 392. The number of nitrogens with two attached hydrogens (primary N) is 2. The molecule has 0 aliphatic heterocycles. The van der Waals surface area contributed by atoms with E-state index in [1.165, 1.54) is 16.7 Å². The van der Waals surface area contributed by atoms with Crippen LogP contribution in [0, 0.1) is 6.92 Å². The van der Waals surface area contributed by atoms with Crippen LogP contribution in [0.25, 0.3) is 0 Å². The van der Waals surface area contributed by atoms with E-state index in [1.807, 2.05) is 0 Å². The summed E-state index contributed by atoms with van der Waals surface area (Å²) in [5.41, 5.74) is 16.2. The van der Waals surface area contributed by atoms with E-state index in [9.17, 15) is 0 Å². The van der Waals surface area contributed by atoms with Crippen LogP contribution in [0.3, 0.4) is 0 Å². The van der Waals surface area contributed by atoms with Gasteiger partial charge in [0.1, 0.15) is 0 Å². The Hall–Kier alpha value is -0.860. The van der Waals surface area contributed by atoms with Gasteiger partial charge < -0.3 is 11.5 Å². The lowest BCUT2D eigenvalue weighted by Crippen LogP contribution is -2.36. The summed E-state index contributed by atoms with van der Waals surface area (Å²) in [6.07, 6.45) is 2.11. The molecule has 1 atom stereocenters. The number of hydrogen-bond acceptors (Lipinski definition) is 2. The first-order chi connectivity index (χ1) is 7.44. The van der Waals surface area contributed by atoms with Crippen LogP contribution < -0.4 is 11.5 Å². The van der Waals surface area contributed by atoms with Gasteiger partial charge in [-0.3, -0.25) is 0 Å². The van der Waals surface area contributed by atoms with Crippen LogP contribution in [0.4, 0.5) is 0 Å². The zero-order valence-corrected chi connectivity index (χ0v) is 10.5. The van der Waals surface area contributed by atoms with E-state index in [1.54, 1.807) is 0 Å².